The van der Waals surface area contributed by atoms with Gasteiger partial charge in [-0.3, -0.25) is 4.98 Å². The van der Waals surface area contributed by atoms with Gasteiger partial charge in [-0.15, -0.1) is 0 Å². The Morgan fingerprint density at radius 3 is 2.78 bits per heavy atom. The Balaban J connectivity index is 1.92. The first kappa shape index (κ1) is 14.5. The normalized spacial score (nSPS) is 19.3. The highest BCUT2D eigenvalue weighted by Gasteiger charge is 2.30. The summed E-state index contributed by atoms with van der Waals surface area (Å²) >= 11 is 0. The maximum absolute atomic E-state index is 4.77. The van der Waals surface area contributed by atoms with Crippen molar-refractivity contribution < 1.29 is 0 Å². The first-order valence-electron chi connectivity index (χ1n) is 8.44. The van der Waals surface area contributed by atoms with Crippen molar-refractivity contribution in [1.29, 1.82) is 0 Å². The van der Waals surface area contributed by atoms with Crippen molar-refractivity contribution in [3.63, 3.8) is 0 Å². The van der Waals surface area contributed by atoms with Gasteiger partial charge < -0.3 is 9.88 Å². The lowest BCUT2D eigenvalue weighted by Crippen LogP contribution is -2.24. The number of aryl methyl sites for hydroxylation is 2. The Kier molecular flexibility index (Phi) is 3.66. The SMILES string of the molecule is Cc1cccnc1C(C1CCNC1)n1ccc2cccc(C)c21. The Bertz CT molecular complexity index is 828. The summed E-state index contributed by atoms with van der Waals surface area (Å²) in [6.45, 7) is 6.54. The fraction of sp³-hybridized carbons (Fsp3) is 0.350. The Hall–Kier alpha value is -2.13. The van der Waals surface area contributed by atoms with E-state index >= 15 is 0 Å². The lowest BCUT2D eigenvalue weighted by atomic mass is 9.92. The van der Waals surface area contributed by atoms with Gasteiger partial charge in [0.15, 0.2) is 0 Å². The number of para-hydroxylation sites is 1. The van der Waals surface area contributed by atoms with E-state index in [4.69, 9.17) is 4.98 Å². The molecule has 0 amide bonds. The molecule has 23 heavy (non-hydrogen) atoms. The van der Waals surface area contributed by atoms with Gasteiger partial charge in [0.05, 0.1) is 17.3 Å². The van der Waals surface area contributed by atoms with Crippen LogP contribution in [-0.4, -0.2) is 22.6 Å². The zero-order valence-corrected chi connectivity index (χ0v) is 13.8. The van der Waals surface area contributed by atoms with E-state index < -0.39 is 0 Å². The van der Waals surface area contributed by atoms with Crippen LogP contribution in [0.2, 0.25) is 0 Å². The summed E-state index contributed by atoms with van der Waals surface area (Å²) in [6.07, 6.45) is 5.37. The molecule has 3 heterocycles. The molecule has 2 unspecified atom stereocenters. The number of hydrogen-bond donors (Lipinski definition) is 1. The molecule has 1 aliphatic rings. The van der Waals surface area contributed by atoms with Crippen LogP contribution in [0.25, 0.3) is 10.9 Å². The first-order valence-corrected chi connectivity index (χ1v) is 8.44. The zero-order valence-electron chi connectivity index (χ0n) is 13.8. The minimum Gasteiger partial charge on any atom is -0.338 e. The van der Waals surface area contributed by atoms with Crippen LogP contribution in [0.5, 0.6) is 0 Å². The molecule has 1 aliphatic heterocycles. The first-order chi connectivity index (χ1) is 11.3. The van der Waals surface area contributed by atoms with Gasteiger partial charge in [0, 0.05) is 18.9 Å². The van der Waals surface area contributed by atoms with Crippen LogP contribution in [0.15, 0.2) is 48.8 Å². The minimum absolute atomic E-state index is 0.296. The van der Waals surface area contributed by atoms with E-state index in [-0.39, 0.29) is 0 Å². The van der Waals surface area contributed by atoms with Gasteiger partial charge in [-0.1, -0.05) is 24.3 Å². The third-order valence-corrected chi connectivity index (χ3v) is 5.12. The molecule has 118 valence electrons. The average Bonchev–Trinajstić information content (AvgIpc) is 3.21. The van der Waals surface area contributed by atoms with Crippen LogP contribution in [0.4, 0.5) is 0 Å². The van der Waals surface area contributed by atoms with Crippen LogP contribution in [0.1, 0.15) is 29.3 Å². The molecular weight excluding hydrogens is 282 g/mol. The predicted molar refractivity (Wildman–Crippen MR) is 94.8 cm³/mol. The highest BCUT2D eigenvalue weighted by Crippen LogP contribution is 2.35. The molecule has 0 spiro atoms. The van der Waals surface area contributed by atoms with Gasteiger partial charge in [-0.2, -0.15) is 0 Å². The predicted octanol–water partition coefficient (Wildman–Crippen LogP) is 3.85. The number of hydrogen-bond acceptors (Lipinski definition) is 2. The largest absolute Gasteiger partial charge is 0.338 e. The average molecular weight is 305 g/mol. The summed E-state index contributed by atoms with van der Waals surface area (Å²) in [5.74, 6) is 0.582. The molecule has 0 radical (unpaired) electrons. The second-order valence-corrected chi connectivity index (χ2v) is 6.64. The quantitative estimate of drug-likeness (QED) is 0.796. The number of pyridine rings is 1. The third kappa shape index (κ3) is 2.45. The van der Waals surface area contributed by atoms with Gasteiger partial charge in [-0.05, 0) is 61.4 Å². The molecule has 0 aliphatic carbocycles. The van der Waals surface area contributed by atoms with Gasteiger partial charge >= 0.3 is 0 Å². The van der Waals surface area contributed by atoms with E-state index in [0.29, 0.717) is 12.0 Å². The Labute approximate surface area is 137 Å². The van der Waals surface area contributed by atoms with E-state index in [1.54, 1.807) is 0 Å². The molecule has 0 bridgehead atoms. The van der Waals surface area contributed by atoms with Crippen molar-refractivity contribution in [2.45, 2.75) is 26.3 Å². The molecule has 3 aromatic rings. The van der Waals surface area contributed by atoms with Crippen LogP contribution in [-0.2, 0) is 0 Å². The topological polar surface area (TPSA) is 29.9 Å². The molecule has 1 N–H and O–H groups in total. The van der Waals surface area contributed by atoms with E-state index in [9.17, 15) is 0 Å². The lowest BCUT2D eigenvalue weighted by molar-refractivity contribution is 0.404. The molecule has 3 heteroatoms. The van der Waals surface area contributed by atoms with Crippen molar-refractivity contribution >= 4 is 10.9 Å². The second-order valence-electron chi connectivity index (χ2n) is 6.64. The van der Waals surface area contributed by atoms with Crippen molar-refractivity contribution in [3.8, 4) is 0 Å². The third-order valence-electron chi connectivity index (χ3n) is 5.12. The molecule has 1 aromatic carbocycles. The smallest absolute Gasteiger partial charge is 0.0800 e. The summed E-state index contributed by atoms with van der Waals surface area (Å²) < 4.78 is 2.46. The Morgan fingerprint density at radius 2 is 2.00 bits per heavy atom. The maximum atomic E-state index is 4.77. The Morgan fingerprint density at radius 1 is 1.13 bits per heavy atom. The van der Waals surface area contributed by atoms with Crippen LogP contribution in [0, 0.1) is 19.8 Å². The van der Waals surface area contributed by atoms with Gasteiger partial charge in [-0.25, -0.2) is 0 Å². The molecule has 3 nitrogen and oxygen atoms in total. The van der Waals surface area contributed by atoms with Gasteiger partial charge in [0.2, 0.25) is 0 Å². The summed E-state index contributed by atoms with van der Waals surface area (Å²) in [5.41, 5.74) is 5.16. The maximum Gasteiger partial charge on any atom is 0.0800 e. The fourth-order valence-electron chi connectivity index (χ4n) is 3.97. The minimum atomic E-state index is 0.296. The second kappa shape index (κ2) is 5.82. The van der Waals surface area contributed by atoms with E-state index in [0.717, 1.165) is 13.1 Å². The van der Waals surface area contributed by atoms with E-state index in [1.807, 2.05) is 12.3 Å². The van der Waals surface area contributed by atoms with Crippen LogP contribution >= 0.6 is 0 Å². The zero-order chi connectivity index (χ0) is 15.8. The van der Waals surface area contributed by atoms with Crippen LogP contribution in [0.3, 0.4) is 0 Å². The standard InChI is InChI=1S/C20H23N3/c1-14-6-4-10-22-18(14)20(17-8-11-21-13-17)23-12-9-16-7-3-5-15(2)19(16)23/h3-7,9-10,12,17,20-21H,8,11,13H2,1-2H3. The molecule has 2 aromatic heterocycles. The summed E-state index contributed by atoms with van der Waals surface area (Å²) in [4.78, 5) is 4.77. The summed E-state index contributed by atoms with van der Waals surface area (Å²) in [6, 6.07) is 13.3. The summed E-state index contributed by atoms with van der Waals surface area (Å²) in [5, 5.41) is 4.84. The van der Waals surface area contributed by atoms with E-state index in [2.05, 4.69) is 60.3 Å². The monoisotopic (exact) mass is 305 g/mol. The van der Waals surface area contributed by atoms with Crippen molar-refractivity contribution in [1.82, 2.24) is 14.9 Å². The van der Waals surface area contributed by atoms with Crippen molar-refractivity contribution in [2.75, 3.05) is 13.1 Å². The van der Waals surface area contributed by atoms with Gasteiger partial charge in [0.25, 0.3) is 0 Å². The number of rotatable bonds is 3. The highest BCUT2D eigenvalue weighted by molar-refractivity contribution is 5.83. The number of aromatic nitrogens is 2. The number of fused-ring (bicyclic) bond motifs is 1. The number of nitrogens with one attached hydrogen (secondary N) is 1. The van der Waals surface area contributed by atoms with Gasteiger partial charge in [0.1, 0.15) is 0 Å². The van der Waals surface area contributed by atoms with Crippen molar-refractivity contribution in [3.05, 3.63) is 65.6 Å². The molecule has 1 saturated heterocycles. The fourth-order valence-corrected chi connectivity index (χ4v) is 3.97. The highest BCUT2D eigenvalue weighted by atomic mass is 15.1. The lowest BCUT2D eigenvalue weighted by Gasteiger charge is -2.27. The number of benzene rings is 1. The molecular formula is C20H23N3. The molecule has 4 rings (SSSR count). The van der Waals surface area contributed by atoms with Crippen molar-refractivity contribution in [2.24, 2.45) is 5.92 Å². The van der Waals surface area contributed by atoms with Crippen LogP contribution < -0.4 is 5.32 Å². The summed E-state index contributed by atoms with van der Waals surface area (Å²) in [7, 11) is 0. The number of nitrogens with zero attached hydrogens (tertiary/aromatic N) is 2. The molecule has 1 fully saturated rings. The molecule has 2 atom stereocenters. The van der Waals surface area contributed by atoms with E-state index in [1.165, 1.54) is 34.1 Å². The molecule has 0 saturated carbocycles.